The quantitative estimate of drug-likeness (QED) is 0.819. The summed E-state index contributed by atoms with van der Waals surface area (Å²) in [5.41, 5.74) is 3.86. The third-order valence-corrected chi connectivity index (χ3v) is 3.36. The Kier molecular flexibility index (Phi) is 3.10. The summed E-state index contributed by atoms with van der Waals surface area (Å²) >= 11 is 0. The number of rotatable bonds is 2. The second-order valence-electron chi connectivity index (χ2n) is 4.87. The molecule has 0 spiro atoms. The Morgan fingerprint density at radius 1 is 1.16 bits per heavy atom. The molecule has 1 aliphatic rings. The average Bonchev–Trinajstić information content (AvgIpc) is 2.26. The number of hydrogen-bond acceptors (Lipinski definition) is 2. The smallest absolute Gasteiger partial charge is 0.393 e. The third kappa shape index (κ3) is 2.32. The second kappa shape index (κ2) is 4.14. The summed E-state index contributed by atoms with van der Waals surface area (Å²) in [5.74, 6) is -4.91. The molecule has 106 valence electrons. The molecule has 1 aliphatic carbocycles. The van der Waals surface area contributed by atoms with Gasteiger partial charge >= 0.3 is 12.1 Å². The van der Waals surface area contributed by atoms with Crippen molar-refractivity contribution in [3.63, 3.8) is 0 Å². The molecule has 0 saturated heterocycles. The van der Waals surface area contributed by atoms with Crippen molar-refractivity contribution in [2.75, 3.05) is 0 Å². The van der Waals surface area contributed by atoms with E-state index < -0.39 is 29.3 Å². The number of nitrogens with two attached hydrogens (primary N) is 1. The number of aliphatic hydroxyl groups excluding tert-OH is 1. The van der Waals surface area contributed by atoms with Crippen molar-refractivity contribution in [3.8, 4) is 0 Å². The van der Waals surface area contributed by atoms with Crippen molar-refractivity contribution in [1.82, 2.24) is 0 Å². The topological polar surface area (TPSA) is 46.2 Å². The van der Waals surface area contributed by atoms with E-state index in [1.165, 1.54) is 6.07 Å². The molecule has 1 saturated carbocycles. The first-order chi connectivity index (χ1) is 8.56. The lowest BCUT2D eigenvalue weighted by molar-refractivity contribution is -0.289. The molecule has 1 aromatic rings. The Bertz CT molecular complexity index is 479. The Balaban J connectivity index is 2.36. The second-order valence-corrected chi connectivity index (χ2v) is 4.87. The first-order valence-electron chi connectivity index (χ1n) is 5.59. The van der Waals surface area contributed by atoms with Crippen LogP contribution in [0, 0.1) is 0 Å². The van der Waals surface area contributed by atoms with Gasteiger partial charge in [-0.2, -0.15) is 22.0 Å². The maximum atomic E-state index is 13.2. The molecule has 3 N–H and O–H groups in total. The van der Waals surface area contributed by atoms with Crippen molar-refractivity contribution in [3.05, 3.63) is 35.4 Å². The molecule has 0 unspecified atom stereocenters. The Hall–Kier alpha value is -1.21. The number of benzene rings is 1. The van der Waals surface area contributed by atoms with Crippen molar-refractivity contribution in [2.45, 2.75) is 36.6 Å². The maximum absolute atomic E-state index is 13.2. The van der Waals surface area contributed by atoms with Crippen LogP contribution in [-0.4, -0.2) is 17.4 Å². The van der Waals surface area contributed by atoms with E-state index in [0.29, 0.717) is 0 Å². The van der Waals surface area contributed by atoms with Crippen LogP contribution < -0.4 is 5.73 Å². The summed E-state index contributed by atoms with van der Waals surface area (Å²) in [6, 6.07) is 3.99. The molecule has 2 rings (SSSR count). The molecule has 2 nitrogen and oxygen atoms in total. The number of hydrogen-bond donors (Lipinski definition) is 2. The Labute approximate surface area is 106 Å². The van der Waals surface area contributed by atoms with Gasteiger partial charge in [0, 0.05) is 11.1 Å². The monoisotopic (exact) mass is 281 g/mol. The van der Waals surface area contributed by atoms with Crippen LogP contribution in [0.3, 0.4) is 0 Å². The lowest BCUT2D eigenvalue weighted by Crippen LogP contribution is -2.51. The summed E-state index contributed by atoms with van der Waals surface area (Å²) in [4.78, 5) is 0. The molecule has 0 heterocycles. The molecule has 7 heteroatoms. The van der Waals surface area contributed by atoms with Crippen molar-refractivity contribution < 1.29 is 27.1 Å². The number of alkyl halides is 5. The molecule has 0 bridgehead atoms. The van der Waals surface area contributed by atoms with E-state index in [0.717, 1.165) is 18.2 Å². The van der Waals surface area contributed by atoms with Gasteiger partial charge in [-0.25, -0.2) is 0 Å². The van der Waals surface area contributed by atoms with Gasteiger partial charge in [-0.3, -0.25) is 0 Å². The van der Waals surface area contributed by atoms with Crippen LogP contribution in [0.2, 0.25) is 0 Å². The molecule has 0 atom stereocenters. The van der Waals surface area contributed by atoms with Gasteiger partial charge < -0.3 is 10.8 Å². The van der Waals surface area contributed by atoms with Gasteiger partial charge in [-0.1, -0.05) is 18.2 Å². The van der Waals surface area contributed by atoms with E-state index in [-0.39, 0.29) is 18.4 Å². The fourth-order valence-electron chi connectivity index (χ4n) is 2.20. The highest BCUT2D eigenvalue weighted by Gasteiger charge is 2.59. The van der Waals surface area contributed by atoms with Crippen LogP contribution in [0.4, 0.5) is 22.0 Å². The van der Waals surface area contributed by atoms with Crippen LogP contribution in [0.25, 0.3) is 0 Å². The molecule has 0 aromatic heterocycles. The van der Waals surface area contributed by atoms with Crippen molar-refractivity contribution in [2.24, 2.45) is 5.73 Å². The summed E-state index contributed by atoms with van der Waals surface area (Å²) in [5, 5.41) is 9.20. The largest absolute Gasteiger partial charge is 0.458 e. The number of aliphatic hydroxyl groups is 1. The molecular weight excluding hydrogens is 269 g/mol. The van der Waals surface area contributed by atoms with E-state index in [1.807, 2.05) is 0 Å². The van der Waals surface area contributed by atoms with Crippen molar-refractivity contribution >= 4 is 0 Å². The summed E-state index contributed by atoms with van der Waals surface area (Å²) in [6.07, 6.45) is -5.99. The molecule has 1 fully saturated rings. The lowest BCUT2D eigenvalue weighted by atomic mass is 9.70. The normalized spacial score (nSPS) is 28.1. The van der Waals surface area contributed by atoms with Crippen LogP contribution >= 0.6 is 0 Å². The van der Waals surface area contributed by atoms with Gasteiger partial charge in [0.1, 0.15) is 0 Å². The highest BCUT2D eigenvalue weighted by atomic mass is 19.4. The summed E-state index contributed by atoms with van der Waals surface area (Å²) in [7, 11) is 0. The average molecular weight is 281 g/mol. The van der Waals surface area contributed by atoms with Crippen LogP contribution in [0.5, 0.6) is 0 Å². The summed E-state index contributed by atoms with van der Waals surface area (Å²) < 4.78 is 63.3. The lowest BCUT2D eigenvalue weighted by Gasteiger charge is -2.43. The van der Waals surface area contributed by atoms with Gasteiger partial charge in [0.05, 0.1) is 6.10 Å². The minimum absolute atomic E-state index is 0.147. The molecule has 0 amide bonds. The molecule has 1 aromatic carbocycles. The fraction of sp³-hybridized carbons (Fsp3) is 0.500. The van der Waals surface area contributed by atoms with Crippen molar-refractivity contribution in [1.29, 1.82) is 0 Å². The third-order valence-electron chi connectivity index (χ3n) is 3.36. The zero-order valence-corrected chi connectivity index (χ0v) is 9.72. The predicted molar refractivity (Wildman–Crippen MR) is 57.5 cm³/mol. The minimum atomic E-state index is -5.65. The maximum Gasteiger partial charge on any atom is 0.458 e. The minimum Gasteiger partial charge on any atom is -0.393 e. The van der Waals surface area contributed by atoms with E-state index in [1.54, 1.807) is 0 Å². The van der Waals surface area contributed by atoms with E-state index in [9.17, 15) is 27.1 Å². The zero-order valence-electron chi connectivity index (χ0n) is 9.72. The highest BCUT2D eigenvalue weighted by Crippen LogP contribution is 2.46. The zero-order chi connectivity index (χ0) is 14.5. The van der Waals surface area contributed by atoms with E-state index in [4.69, 9.17) is 5.73 Å². The summed E-state index contributed by atoms with van der Waals surface area (Å²) in [6.45, 7) is 0. The van der Waals surface area contributed by atoms with Crippen LogP contribution in [0.1, 0.15) is 24.0 Å². The van der Waals surface area contributed by atoms with Gasteiger partial charge in [-0.05, 0) is 24.5 Å². The van der Waals surface area contributed by atoms with Crippen LogP contribution in [-0.2, 0) is 11.5 Å². The molecule has 0 radical (unpaired) electrons. The predicted octanol–water partition coefficient (Wildman–Crippen LogP) is 2.65. The molecule has 0 aliphatic heterocycles. The first-order valence-corrected chi connectivity index (χ1v) is 5.59. The highest BCUT2D eigenvalue weighted by molar-refractivity contribution is 5.34. The standard InChI is InChI=1S/C12H12F5NO/c13-11(14,12(15,16)17)8-3-1-2-7(4-8)10(18)5-9(19)6-10/h1-4,9,19H,5-6,18H2. The van der Waals surface area contributed by atoms with E-state index >= 15 is 0 Å². The van der Waals surface area contributed by atoms with Gasteiger partial charge in [0.25, 0.3) is 0 Å². The SMILES string of the molecule is NC1(c2cccc(C(F)(F)C(F)(F)F)c2)CC(O)C1. The fourth-order valence-corrected chi connectivity index (χ4v) is 2.20. The van der Waals surface area contributed by atoms with E-state index in [2.05, 4.69) is 0 Å². The molecular formula is C12H12F5NO. The van der Waals surface area contributed by atoms with Gasteiger partial charge in [0.15, 0.2) is 0 Å². The first kappa shape index (κ1) is 14.2. The van der Waals surface area contributed by atoms with Gasteiger partial charge in [0.2, 0.25) is 0 Å². The number of halogens is 5. The Morgan fingerprint density at radius 2 is 1.74 bits per heavy atom. The van der Waals surface area contributed by atoms with Crippen LogP contribution in [0.15, 0.2) is 24.3 Å². The Morgan fingerprint density at radius 3 is 2.21 bits per heavy atom. The molecule has 19 heavy (non-hydrogen) atoms. The van der Waals surface area contributed by atoms with Gasteiger partial charge in [-0.15, -0.1) is 0 Å².